The first-order valence-electron chi connectivity index (χ1n) is 9.45. The molecule has 7 heteroatoms. The second kappa shape index (κ2) is 6.04. The minimum absolute atomic E-state index is 0.0634. The number of phenols is 1. The topological polar surface area (TPSA) is 89.0 Å². The van der Waals surface area contributed by atoms with Gasteiger partial charge in [-0.15, -0.1) is 0 Å². The molecule has 5 rings (SSSR count). The van der Waals surface area contributed by atoms with Gasteiger partial charge >= 0.3 is 5.97 Å². The minimum Gasteiger partial charge on any atom is -0.508 e. The molecule has 1 fully saturated rings. The second-order valence-corrected chi connectivity index (χ2v) is 7.35. The number of carboxylic acid groups (broad SMARTS) is 1. The van der Waals surface area contributed by atoms with Crippen molar-refractivity contribution in [2.75, 3.05) is 6.61 Å². The number of fused-ring (bicyclic) bond motifs is 5. The van der Waals surface area contributed by atoms with Crippen LogP contribution in [0.1, 0.15) is 54.2 Å². The van der Waals surface area contributed by atoms with Crippen molar-refractivity contribution in [3.63, 3.8) is 0 Å². The van der Waals surface area contributed by atoms with Crippen LogP contribution < -0.4 is 4.74 Å². The summed E-state index contributed by atoms with van der Waals surface area (Å²) in [5.74, 6) is 0.146. The molecule has 2 aliphatic rings. The fourth-order valence-electron chi connectivity index (χ4n) is 4.52. The highest BCUT2D eigenvalue weighted by Gasteiger charge is 2.31. The van der Waals surface area contributed by atoms with Crippen molar-refractivity contribution in [2.45, 2.75) is 44.6 Å². The Labute approximate surface area is 155 Å². The van der Waals surface area contributed by atoms with E-state index in [-0.39, 0.29) is 11.4 Å². The number of carboxylic acids is 1. The number of phenolic OH excluding ortho intramolecular Hbond substituents is 1. The van der Waals surface area contributed by atoms with Gasteiger partial charge in [0, 0.05) is 23.6 Å². The molecule has 0 saturated heterocycles. The van der Waals surface area contributed by atoms with Crippen molar-refractivity contribution in [3.05, 3.63) is 35.7 Å². The maximum atomic E-state index is 11.5. The van der Waals surface area contributed by atoms with Crippen molar-refractivity contribution in [1.82, 2.24) is 14.2 Å². The molecule has 2 N–H and O–H groups in total. The average Bonchev–Trinajstić information content (AvgIpc) is 3.15. The normalized spacial score (nSPS) is 17.2. The number of rotatable bonds is 2. The van der Waals surface area contributed by atoms with Crippen LogP contribution in [0.15, 0.2) is 24.3 Å². The second-order valence-electron chi connectivity index (χ2n) is 7.35. The van der Waals surface area contributed by atoms with Crippen LogP contribution in [-0.4, -0.2) is 37.0 Å². The SMILES string of the molecule is O=C(O)c1cc2n3c(c(C4CCCCC4)n2n1)-c1ccc(O)cc1OCC3. The van der Waals surface area contributed by atoms with Crippen molar-refractivity contribution in [3.8, 4) is 22.8 Å². The molecule has 0 spiro atoms. The predicted molar refractivity (Wildman–Crippen MR) is 98.6 cm³/mol. The molecule has 1 aliphatic carbocycles. The van der Waals surface area contributed by atoms with Crippen molar-refractivity contribution < 1.29 is 19.7 Å². The Hall–Kier alpha value is -2.96. The quantitative estimate of drug-likeness (QED) is 0.722. The molecule has 3 heterocycles. The Morgan fingerprint density at radius 3 is 2.78 bits per heavy atom. The van der Waals surface area contributed by atoms with Crippen LogP contribution in [-0.2, 0) is 6.54 Å². The maximum absolute atomic E-state index is 11.5. The number of hydrogen-bond donors (Lipinski definition) is 2. The van der Waals surface area contributed by atoms with E-state index in [0.29, 0.717) is 24.8 Å². The lowest BCUT2D eigenvalue weighted by Crippen LogP contribution is -2.10. The summed E-state index contributed by atoms with van der Waals surface area (Å²) in [5, 5.41) is 23.7. The average molecular weight is 367 g/mol. The van der Waals surface area contributed by atoms with E-state index in [1.54, 1.807) is 18.2 Å². The van der Waals surface area contributed by atoms with E-state index >= 15 is 0 Å². The van der Waals surface area contributed by atoms with Crippen LogP contribution in [0.5, 0.6) is 11.5 Å². The lowest BCUT2D eigenvalue weighted by Gasteiger charge is -2.22. The lowest BCUT2D eigenvalue weighted by atomic mass is 9.85. The summed E-state index contributed by atoms with van der Waals surface area (Å²) in [7, 11) is 0. The van der Waals surface area contributed by atoms with Crippen LogP contribution in [0.3, 0.4) is 0 Å². The summed E-state index contributed by atoms with van der Waals surface area (Å²) in [4.78, 5) is 11.5. The first kappa shape index (κ1) is 16.2. The van der Waals surface area contributed by atoms with E-state index in [0.717, 1.165) is 35.4 Å². The maximum Gasteiger partial charge on any atom is 0.356 e. The van der Waals surface area contributed by atoms with Gasteiger partial charge in [-0.1, -0.05) is 19.3 Å². The molecule has 0 unspecified atom stereocenters. The molecule has 1 aliphatic heterocycles. The van der Waals surface area contributed by atoms with Crippen LogP contribution in [0.4, 0.5) is 0 Å². The molecule has 0 radical (unpaired) electrons. The summed E-state index contributed by atoms with van der Waals surface area (Å²) >= 11 is 0. The zero-order valence-corrected chi connectivity index (χ0v) is 14.9. The number of aromatic carboxylic acids is 1. The highest BCUT2D eigenvalue weighted by Crippen LogP contribution is 2.44. The van der Waals surface area contributed by atoms with Gasteiger partial charge in [0.1, 0.15) is 23.8 Å². The third-order valence-corrected chi connectivity index (χ3v) is 5.71. The number of imidazole rings is 1. The Kier molecular flexibility index (Phi) is 3.63. The van der Waals surface area contributed by atoms with E-state index in [1.807, 2.05) is 10.6 Å². The van der Waals surface area contributed by atoms with Gasteiger partial charge in [-0.2, -0.15) is 5.10 Å². The largest absolute Gasteiger partial charge is 0.508 e. The zero-order valence-electron chi connectivity index (χ0n) is 14.9. The lowest BCUT2D eigenvalue weighted by molar-refractivity contribution is 0.0690. The summed E-state index contributed by atoms with van der Waals surface area (Å²) in [6.07, 6.45) is 5.72. The molecule has 1 saturated carbocycles. The number of ether oxygens (including phenoxy) is 1. The fourth-order valence-corrected chi connectivity index (χ4v) is 4.52. The van der Waals surface area contributed by atoms with Gasteiger partial charge in [0.25, 0.3) is 0 Å². The van der Waals surface area contributed by atoms with E-state index in [2.05, 4.69) is 9.67 Å². The van der Waals surface area contributed by atoms with E-state index in [1.165, 1.54) is 19.3 Å². The molecule has 0 atom stereocenters. The fraction of sp³-hybridized carbons (Fsp3) is 0.400. The first-order chi connectivity index (χ1) is 13.1. The molecule has 3 aromatic rings. The Morgan fingerprint density at radius 2 is 2.00 bits per heavy atom. The number of benzene rings is 1. The number of aromatic hydroxyl groups is 1. The molecule has 1 aromatic carbocycles. The Bertz CT molecular complexity index is 1040. The van der Waals surface area contributed by atoms with Gasteiger partial charge in [0.05, 0.1) is 17.9 Å². The third kappa shape index (κ3) is 2.49. The molecule has 0 amide bonds. The summed E-state index contributed by atoms with van der Waals surface area (Å²) < 4.78 is 9.84. The number of hydrogen-bond acceptors (Lipinski definition) is 4. The molecule has 27 heavy (non-hydrogen) atoms. The zero-order chi connectivity index (χ0) is 18.5. The minimum atomic E-state index is -1.02. The van der Waals surface area contributed by atoms with E-state index in [4.69, 9.17) is 4.74 Å². The molecule has 0 bridgehead atoms. The monoisotopic (exact) mass is 367 g/mol. The highest BCUT2D eigenvalue weighted by molar-refractivity contribution is 5.87. The summed E-state index contributed by atoms with van der Waals surface area (Å²) in [5.41, 5.74) is 3.87. The van der Waals surface area contributed by atoms with Crippen molar-refractivity contribution >= 4 is 11.6 Å². The highest BCUT2D eigenvalue weighted by atomic mass is 16.5. The summed E-state index contributed by atoms with van der Waals surface area (Å²) in [6.45, 7) is 1.05. The third-order valence-electron chi connectivity index (χ3n) is 5.71. The van der Waals surface area contributed by atoms with Crippen molar-refractivity contribution in [2.24, 2.45) is 0 Å². The van der Waals surface area contributed by atoms with E-state index in [9.17, 15) is 15.0 Å². The molecular formula is C20H21N3O4. The predicted octanol–water partition coefficient (Wildman–Crippen LogP) is 3.65. The molecular weight excluding hydrogens is 346 g/mol. The number of nitrogens with zero attached hydrogens (tertiary/aromatic N) is 3. The van der Waals surface area contributed by atoms with Gasteiger partial charge in [-0.3, -0.25) is 0 Å². The van der Waals surface area contributed by atoms with Gasteiger partial charge in [-0.25, -0.2) is 9.31 Å². The van der Waals surface area contributed by atoms with E-state index < -0.39 is 5.97 Å². The first-order valence-corrected chi connectivity index (χ1v) is 9.45. The molecule has 2 aromatic heterocycles. The Morgan fingerprint density at radius 1 is 1.19 bits per heavy atom. The van der Waals surface area contributed by atoms with Crippen molar-refractivity contribution in [1.29, 1.82) is 0 Å². The van der Waals surface area contributed by atoms with Crippen LogP contribution >= 0.6 is 0 Å². The number of carbonyl (C=O) groups is 1. The van der Waals surface area contributed by atoms with Crippen LogP contribution in [0, 0.1) is 0 Å². The van der Waals surface area contributed by atoms with Crippen LogP contribution in [0.25, 0.3) is 16.9 Å². The van der Waals surface area contributed by atoms with Crippen LogP contribution in [0.2, 0.25) is 0 Å². The van der Waals surface area contributed by atoms with Gasteiger partial charge in [-0.05, 0) is 25.0 Å². The smallest absolute Gasteiger partial charge is 0.356 e. The molecule has 7 nitrogen and oxygen atoms in total. The standard InChI is InChI=1S/C20H21N3O4/c24-13-6-7-14-16(10-13)27-9-8-22-17-11-15(20(25)26)21-23(17)18(19(14)22)12-4-2-1-3-5-12/h6-7,10-12,24H,1-5,8-9H2,(H,25,26). The molecule has 140 valence electrons. The van der Waals surface area contributed by atoms with Gasteiger partial charge in [0.2, 0.25) is 0 Å². The van der Waals surface area contributed by atoms with Gasteiger partial charge in [0.15, 0.2) is 5.69 Å². The summed E-state index contributed by atoms with van der Waals surface area (Å²) in [6, 6.07) is 6.84. The Balaban J connectivity index is 1.82. The van der Waals surface area contributed by atoms with Gasteiger partial charge < -0.3 is 19.5 Å². The number of aromatic nitrogens is 3.